The minimum absolute atomic E-state index is 0.249. The van der Waals surface area contributed by atoms with E-state index in [1.165, 1.54) is 6.07 Å². The first-order chi connectivity index (χ1) is 7.19. The van der Waals surface area contributed by atoms with Crippen LogP contribution in [-0.2, 0) is 6.42 Å². The highest BCUT2D eigenvalue weighted by molar-refractivity contribution is 7.98. The summed E-state index contributed by atoms with van der Waals surface area (Å²) < 4.78 is 13.2. The Morgan fingerprint density at radius 1 is 1.53 bits per heavy atom. The van der Waals surface area contributed by atoms with Gasteiger partial charge in [-0.1, -0.05) is 23.7 Å². The molecule has 0 radical (unpaired) electrons. The van der Waals surface area contributed by atoms with Crippen LogP contribution in [0.5, 0.6) is 0 Å². The van der Waals surface area contributed by atoms with E-state index in [2.05, 4.69) is 11.6 Å². The largest absolute Gasteiger partial charge is 0.316 e. The lowest BCUT2D eigenvalue weighted by molar-refractivity contribution is 0.603. The van der Waals surface area contributed by atoms with Crippen molar-refractivity contribution in [1.29, 1.82) is 0 Å². The molecule has 1 nitrogen and oxygen atoms in total. The van der Waals surface area contributed by atoms with E-state index in [9.17, 15) is 4.39 Å². The summed E-state index contributed by atoms with van der Waals surface area (Å²) in [6.45, 7) is 0. The summed E-state index contributed by atoms with van der Waals surface area (Å²) in [5.74, 6) is 0.650. The summed E-state index contributed by atoms with van der Waals surface area (Å²) in [4.78, 5) is 0. The van der Waals surface area contributed by atoms with Gasteiger partial charge in [0, 0.05) is 11.8 Å². The highest BCUT2D eigenvalue weighted by Gasteiger charge is 2.11. The number of thioether (sulfide) groups is 1. The summed E-state index contributed by atoms with van der Waals surface area (Å²) in [6.07, 6.45) is 2.81. The summed E-state index contributed by atoms with van der Waals surface area (Å²) in [5, 5.41) is 3.45. The zero-order chi connectivity index (χ0) is 11.3. The second-order valence-corrected chi connectivity index (χ2v) is 4.65. The minimum atomic E-state index is -0.340. The number of benzene rings is 1. The zero-order valence-corrected chi connectivity index (χ0v) is 10.5. The quantitative estimate of drug-likeness (QED) is 0.859. The molecule has 0 aliphatic carbocycles. The van der Waals surface area contributed by atoms with Crippen LogP contribution in [0.3, 0.4) is 0 Å². The molecule has 0 amide bonds. The molecule has 1 atom stereocenters. The minimum Gasteiger partial charge on any atom is -0.316 e. The fourth-order valence-electron chi connectivity index (χ4n) is 1.42. The number of hydrogen-bond donors (Lipinski definition) is 1. The van der Waals surface area contributed by atoms with E-state index in [0.717, 1.165) is 17.7 Å². The van der Waals surface area contributed by atoms with Crippen LogP contribution in [0.15, 0.2) is 18.2 Å². The summed E-state index contributed by atoms with van der Waals surface area (Å²) in [7, 11) is 1.91. The second kappa shape index (κ2) is 6.36. The predicted molar refractivity (Wildman–Crippen MR) is 66.3 cm³/mol. The molecular weight excluding hydrogens is 233 g/mol. The maximum atomic E-state index is 13.2. The molecule has 15 heavy (non-hydrogen) atoms. The van der Waals surface area contributed by atoms with Crippen LogP contribution in [0.25, 0.3) is 0 Å². The Hall–Kier alpha value is -0.250. The molecule has 1 unspecified atom stereocenters. The van der Waals surface area contributed by atoms with Gasteiger partial charge in [-0.25, -0.2) is 4.39 Å². The first kappa shape index (κ1) is 12.8. The number of hydrogen-bond acceptors (Lipinski definition) is 2. The lowest BCUT2D eigenvalue weighted by Gasteiger charge is -2.15. The molecule has 0 bridgehead atoms. The Labute approximate surface area is 99.4 Å². The lowest BCUT2D eigenvalue weighted by Crippen LogP contribution is -2.30. The molecule has 0 aliphatic heterocycles. The van der Waals surface area contributed by atoms with Crippen molar-refractivity contribution in [2.75, 3.05) is 19.1 Å². The fraction of sp³-hybridized carbons (Fsp3) is 0.455. The SMILES string of the molecule is CNC(CSC)Cc1cccc(F)c1Cl. The van der Waals surface area contributed by atoms with Gasteiger partial charge in [-0.2, -0.15) is 11.8 Å². The Morgan fingerprint density at radius 2 is 2.27 bits per heavy atom. The molecule has 0 saturated carbocycles. The van der Waals surface area contributed by atoms with Crippen LogP contribution in [0.4, 0.5) is 4.39 Å². The average Bonchev–Trinajstić information content (AvgIpc) is 2.24. The van der Waals surface area contributed by atoms with Gasteiger partial charge in [0.15, 0.2) is 0 Å². The Balaban J connectivity index is 2.74. The van der Waals surface area contributed by atoms with Crippen LogP contribution in [0, 0.1) is 5.82 Å². The van der Waals surface area contributed by atoms with Crippen LogP contribution in [0.2, 0.25) is 5.02 Å². The number of halogens is 2. The van der Waals surface area contributed by atoms with E-state index >= 15 is 0 Å². The van der Waals surface area contributed by atoms with Crippen LogP contribution < -0.4 is 5.32 Å². The van der Waals surface area contributed by atoms with Gasteiger partial charge in [0.05, 0.1) is 5.02 Å². The lowest BCUT2D eigenvalue weighted by atomic mass is 10.1. The summed E-state index contributed by atoms with van der Waals surface area (Å²) >= 11 is 7.65. The van der Waals surface area contributed by atoms with Crippen LogP contribution in [0.1, 0.15) is 5.56 Å². The molecule has 0 saturated heterocycles. The average molecular weight is 248 g/mol. The Morgan fingerprint density at radius 3 is 2.87 bits per heavy atom. The molecular formula is C11H15ClFNS. The molecule has 1 aromatic rings. The fourth-order valence-corrected chi connectivity index (χ4v) is 2.31. The Bertz CT molecular complexity index is 319. The molecule has 84 valence electrons. The van der Waals surface area contributed by atoms with E-state index in [1.807, 2.05) is 13.1 Å². The molecule has 0 aromatic heterocycles. The van der Waals surface area contributed by atoms with Crippen molar-refractivity contribution in [2.45, 2.75) is 12.5 Å². The summed E-state index contributed by atoms with van der Waals surface area (Å²) in [6, 6.07) is 5.28. The van der Waals surface area contributed by atoms with Crippen molar-refractivity contribution in [3.05, 3.63) is 34.6 Å². The van der Waals surface area contributed by atoms with E-state index in [0.29, 0.717) is 6.04 Å². The van der Waals surface area contributed by atoms with Gasteiger partial charge in [-0.3, -0.25) is 0 Å². The third kappa shape index (κ3) is 3.67. The van der Waals surface area contributed by atoms with Crippen LogP contribution >= 0.6 is 23.4 Å². The third-order valence-electron chi connectivity index (χ3n) is 2.27. The van der Waals surface area contributed by atoms with Crippen molar-refractivity contribution in [3.8, 4) is 0 Å². The predicted octanol–water partition coefficient (Wildman–Crippen LogP) is 2.97. The van der Waals surface area contributed by atoms with Crippen LogP contribution in [-0.4, -0.2) is 25.1 Å². The Kier molecular flexibility index (Phi) is 5.43. The molecule has 1 N–H and O–H groups in total. The van der Waals surface area contributed by atoms with Crippen molar-refractivity contribution >= 4 is 23.4 Å². The molecule has 0 fully saturated rings. The van der Waals surface area contributed by atoms with Crippen molar-refractivity contribution in [3.63, 3.8) is 0 Å². The first-order valence-electron chi connectivity index (χ1n) is 4.78. The van der Waals surface area contributed by atoms with Crippen molar-refractivity contribution in [1.82, 2.24) is 5.32 Å². The van der Waals surface area contributed by atoms with Gasteiger partial charge >= 0.3 is 0 Å². The van der Waals surface area contributed by atoms with E-state index in [1.54, 1.807) is 17.8 Å². The van der Waals surface area contributed by atoms with E-state index < -0.39 is 0 Å². The normalized spacial score (nSPS) is 12.8. The van der Waals surface area contributed by atoms with Gasteiger partial charge in [-0.05, 0) is 31.4 Å². The maximum Gasteiger partial charge on any atom is 0.142 e. The molecule has 0 spiro atoms. The second-order valence-electron chi connectivity index (χ2n) is 3.36. The van der Waals surface area contributed by atoms with Gasteiger partial charge in [0.1, 0.15) is 5.82 Å². The number of likely N-dealkylation sites (N-methyl/N-ethyl adjacent to an activating group) is 1. The first-order valence-corrected chi connectivity index (χ1v) is 6.55. The highest BCUT2D eigenvalue weighted by Crippen LogP contribution is 2.21. The monoisotopic (exact) mass is 247 g/mol. The van der Waals surface area contributed by atoms with Gasteiger partial charge in [-0.15, -0.1) is 0 Å². The molecule has 4 heteroatoms. The van der Waals surface area contributed by atoms with Crippen molar-refractivity contribution < 1.29 is 4.39 Å². The smallest absolute Gasteiger partial charge is 0.142 e. The standard InChI is InChI=1S/C11H15ClFNS/c1-14-9(7-15-2)6-8-4-3-5-10(13)11(8)12/h3-5,9,14H,6-7H2,1-2H3. The van der Waals surface area contributed by atoms with E-state index in [4.69, 9.17) is 11.6 Å². The zero-order valence-electron chi connectivity index (χ0n) is 8.89. The van der Waals surface area contributed by atoms with Crippen molar-refractivity contribution in [2.24, 2.45) is 0 Å². The van der Waals surface area contributed by atoms with Gasteiger partial charge < -0.3 is 5.32 Å². The summed E-state index contributed by atoms with van der Waals surface area (Å²) in [5.41, 5.74) is 0.866. The maximum absolute atomic E-state index is 13.2. The number of rotatable bonds is 5. The topological polar surface area (TPSA) is 12.0 Å². The van der Waals surface area contributed by atoms with E-state index in [-0.39, 0.29) is 10.8 Å². The van der Waals surface area contributed by atoms with Gasteiger partial charge in [0.25, 0.3) is 0 Å². The van der Waals surface area contributed by atoms with Gasteiger partial charge in [0.2, 0.25) is 0 Å². The number of nitrogens with one attached hydrogen (secondary N) is 1. The molecule has 1 aromatic carbocycles. The highest BCUT2D eigenvalue weighted by atomic mass is 35.5. The third-order valence-corrected chi connectivity index (χ3v) is 3.43. The molecule has 0 aliphatic rings. The molecule has 1 rings (SSSR count). The molecule has 0 heterocycles.